The van der Waals surface area contributed by atoms with Gasteiger partial charge >= 0.3 is 0 Å². The van der Waals surface area contributed by atoms with E-state index in [2.05, 4.69) is 16.9 Å². The Labute approximate surface area is 171 Å². The van der Waals surface area contributed by atoms with Crippen LogP contribution in [0, 0.1) is 0 Å². The number of hydrogen-bond donors (Lipinski definition) is 1. The molecule has 0 amide bonds. The van der Waals surface area contributed by atoms with Crippen LogP contribution in [0.25, 0.3) is 0 Å². The third-order valence-corrected chi connectivity index (χ3v) is 5.71. The molecule has 1 aliphatic rings. The molecular weight excluding hydrogens is 386 g/mol. The summed E-state index contributed by atoms with van der Waals surface area (Å²) >= 11 is 0. The van der Waals surface area contributed by atoms with E-state index >= 15 is 0 Å². The van der Waals surface area contributed by atoms with Crippen LogP contribution in [-0.2, 0) is 23.1 Å². The lowest BCUT2D eigenvalue weighted by Crippen LogP contribution is -2.10. The van der Waals surface area contributed by atoms with Crippen LogP contribution < -0.4 is 14.2 Å². The first kappa shape index (κ1) is 19.3. The quantitative estimate of drug-likeness (QED) is 0.681. The maximum atomic E-state index is 11.6. The Kier molecular flexibility index (Phi) is 5.20. The Bertz CT molecular complexity index is 1140. The van der Waals surface area contributed by atoms with Gasteiger partial charge in [0.2, 0.25) is 10.0 Å². The molecule has 0 unspecified atom stereocenters. The number of para-hydroxylation sites is 1. The number of fused-ring (bicyclic) bond motifs is 2. The smallest absolute Gasteiger partial charge is 0.229 e. The lowest BCUT2D eigenvalue weighted by atomic mass is 9.83. The second-order valence-corrected chi connectivity index (χ2v) is 8.93. The van der Waals surface area contributed by atoms with Crippen LogP contribution in [0.5, 0.6) is 11.5 Å². The van der Waals surface area contributed by atoms with Gasteiger partial charge in [0.15, 0.2) is 0 Å². The minimum atomic E-state index is -3.33. The molecule has 0 aliphatic carbocycles. The van der Waals surface area contributed by atoms with E-state index < -0.39 is 10.0 Å². The van der Waals surface area contributed by atoms with Crippen LogP contribution >= 0.6 is 0 Å². The standard InChI is InChI=1S/C23H23NO4S/c1-27-22-12-6-10-18-20(19-9-3-4-11-23(19)28-15-21(18)22)14-16-7-5-8-17(13-16)24-29(2,25)26/h3-13,20,24H,14-15H2,1-2H3/t20-/m0/s1. The van der Waals surface area contributed by atoms with Crippen molar-refractivity contribution < 1.29 is 17.9 Å². The minimum Gasteiger partial charge on any atom is -0.496 e. The average molecular weight is 410 g/mol. The fourth-order valence-electron chi connectivity index (χ4n) is 3.90. The third-order valence-electron chi connectivity index (χ3n) is 5.10. The van der Waals surface area contributed by atoms with E-state index in [4.69, 9.17) is 9.47 Å². The van der Waals surface area contributed by atoms with Gasteiger partial charge in [0.25, 0.3) is 0 Å². The monoisotopic (exact) mass is 409 g/mol. The summed E-state index contributed by atoms with van der Waals surface area (Å²) in [7, 11) is -1.66. The first-order chi connectivity index (χ1) is 13.9. The van der Waals surface area contributed by atoms with Crippen molar-refractivity contribution in [3.8, 4) is 11.5 Å². The Morgan fingerprint density at radius 1 is 1.03 bits per heavy atom. The second kappa shape index (κ2) is 7.79. The zero-order valence-corrected chi connectivity index (χ0v) is 17.2. The van der Waals surface area contributed by atoms with E-state index in [-0.39, 0.29) is 5.92 Å². The number of ether oxygens (including phenoxy) is 2. The van der Waals surface area contributed by atoms with Crippen LogP contribution in [0.15, 0.2) is 66.7 Å². The molecule has 3 aromatic rings. The lowest BCUT2D eigenvalue weighted by molar-refractivity contribution is 0.297. The summed E-state index contributed by atoms with van der Waals surface area (Å²) in [5.74, 6) is 1.74. The van der Waals surface area contributed by atoms with Crippen molar-refractivity contribution in [2.24, 2.45) is 0 Å². The number of benzene rings is 3. The molecule has 0 aromatic heterocycles. The molecule has 0 fully saturated rings. The van der Waals surface area contributed by atoms with Crippen molar-refractivity contribution in [2.75, 3.05) is 18.1 Å². The van der Waals surface area contributed by atoms with Crippen LogP contribution in [0.1, 0.15) is 28.2 Å². The molecule has 0 spiro atoms. The summed E-state index contributed by atoms with van der Waals surface area (Å²) in [5, 5.41) is 0. The molecule has 0 radical (unpaired) electrons. The molecule has 150 valence electrons. The number of anilines is 1. The van der Waals surface area contributed by atoms with E-state index in [1.54, 1.807) is 13.2 Å². The van der Waals surface area contributed by atoms with Gasteiger partial charge < -0.3 is 9.47 Å². The van der Waals surface area contributed by atoms with Gasteiger partial charge in [0.05, 0.1) is 13.4 Å². The summed E-state index contributed by atoms with van der Waals surface area (Å²) in [5.41, 5.74) is 4.92. The molecule has 0 bridgehead atoms. The van der Waals surface area contributed by atoms with Crippen molar-refractivity contribution in [3.05, 3.63) is 89.0 Å². The van der Waals surface area contributed by atoms with E-state index in [0.717, 1.165) is 40.0 Å². The number of hydrogen-bond acceptors (Lipinski definition) is 4. The molecule has 1 aliphatic heterocycles. The minimum absolute atomic E-state index is 0.0623. The van der Waals surface area contributed by atoms with Gasteiger partial charge in [-0.1, -0.05) is 42.5 Å². The summed E-state index contributed by atoms with van der Waals surface area (Å²) < 4.78 is 37.4. The Balaban J connectivity index is 1.78. The fourth-order valence-corrected chi connectivity index (χ4v) is 4.46. The molecule has 5 nitrogen and oxygen atoms in total. The summed E-state index contributed by atoms with van der Waals surface area (Å²) in [6.45, 7) is 0.447. The molecule has 29 heavy (non-hydrogen) atoms. The van der Waals surface area contributed by atoms with Gasteiger partial charge in [-0.15, -0.1) is 0 Å². The Morgan fingerprint density at radius 3 is 2.59 bits per heavy atom. The SMILES string of the molecule is COc1cccc2c1COc1ccccc1[C@H]2Cc1cccc(NS(C)(=O)=O)c1. The van der Waals surface area contributed by atoms with Gasteiger partial charge in [-0.3, -0.25) is 4.72 Å². The van der Waals surface area contributed by atoms with Crippen LogP contribution in [-0.4, -0.2) is 21.8 Å². The van der Waals surface area contributed by atoms with Gasteiger partial charge in [0.1, 0.15) is 18.1 Å². The summed E-state index contributed by atoms with van der Waals surface area (Å²) in [4.78, 5) is 0. The highest BCUT2D eigenvalue weighted by atomic mass is 32.2. The first-order valence-electron chi connectivity index (χ1n) is 9.39. The molecule has 1 N–H and O–H groups in total. The van der Waals surface area contributed by atoms with Crippen molar-refractivity contribution in [1.82, 2.24) is 0 Å². The van der Waals surface area contributed by atoms with Gasteiger partial charge in [-0.2, -0.15) is 0 Å². The van der Waals surface area contributed by atoms with Crippen molar-refractivity contribution in [1.29, 1.82) is 0 Å². The molecule has 1 atom stereocenters. The molecule has 1 heterocycles. The van der Waals surface area contributed by atoms with Crippen LogP contribution in [0.4, 0.5) is 5.69 Å². The summed E-state index contributed by atoms with van der Waals surface area (Å²) in [6.07, 6.45) is 1.86. The van der Waals surface area contributed by atoms with Gasteiger partial charge in [0, 0.05) is 22.7 Å². The zero-order chi connectivity index (χ0) is 20.4. The molecule has 4 rings (SSSR count). The largest absolute Gasteiger partial charge is 0.496 e. The zero-order valence-electron chi connectivity index (χ0n) is 16.4. The summed E-state index contributed by atoms with van der Waals surface area (Å²) in [6, 6.07) is 21.7. The van der Waals surface area contributed by atoms with E-state index in [1.807, 2.05) is 48.5 Å². The average Bonchev–Trinajstić information content (AvgIpc) is 2.84. The lowest BCUT2D eigenvalue weighted by Gasteiger charge is -2.20. The van der Waals surface area contributed by atoms with Crippen molar-refractivity contribution in [2.45, 2.75) is 18.9 Å². The highest BCUT2D eigenvalue weighted by molar-refractivity contribution is 7.92. The van der Waals surface area contributed by atoms with Crippen LogP contribution in [0.3, 0.4) is 0 Å². The third kappa shape index (κ3) is 4.22. The number of nitrogens with one attached hydrogen (secondary N) is 1. The molecule has 0 saturated heterocycles. The van der Waals surface area contributed by atoms with Crippen molar-refractivity contribution in [3.63, 3.8) is 0 Å². The van der Waals surface area contributed by atoms with Gasteiger partial charge in [-0.05, 0) is 41.8 Å². The van der Waals surface area contributed by atoms with E-state index in [1.165, 1.54) is 0 Å². The molecule has 3 aromatic carbocycles. The van der Waals surface area contributed by atoms with Crippen LogP contribution in [0.2, 0.25) is 0 Å². The van der Waals surface area contributed by atoms with E-state index in [9.17, 15) is 8.42 Å². The first-order valence-corrected chi connectivity index (χ1v) is 11.3. The topological polar surface area (TPSA) is 64.6 Å². The van der Waals surface area contributed by atoms with E-state index in [0.29, 0.717) is 18.7 Å². The number of rotatable bonds is 5. The predicted molar refractivity (Wildman–Crippen MR) is 114 cm³/mol. The Hall–Kier alpha value is -2.99. The molecular formula is C23H23NO4S. The maximum Gasteiger partial charge on any atom is 0.229 e. The molecule has 0 saturated carbocycles. The highest BCUT2D eigenvalue weighted by Gasteiger charge is 2.26. The predicted octanol–water partition coefficient (Wildman–Crippen LogP) is 4.33. The van der Waals surface area contributed by atoms with Gasteiger partial charge in [-0.25, -0.2) is 8.42 Å². The maximum absolute atomic E-state index is 11.6. The normalized spacial score (nSPS) is 15.4. The fraction of sp³-hybridized carbons (Fsp3) is 0.217. The molecule has 6 heteroatoms. The highest BCUT2D eigenvalue weighted by Crippen LogP contribution is 2.41. The number of methoxy groups -OCH3 is 1. The Morgan fingerprint density at radius 2 is 1.79 bits per heavy atom. The van der Waals surface area contributed by atoms with Crippen molar-refractivity contribution >= 4 is 15.7 Å². The second-order valence-electron chi connectivity index (χ2n) is 7.19. The number of sulfonamides is 1.